The lowest BCUT2D eigenvalue weighted by molar-refractivity contribution is 0.665. The monoisotopic (exact) mass is 174 g/mol. The Kier molecular flexibility index (Phi) is 1.81. The van der Waals surface area contributed by atoms with Gasteiger partial charge >= 0.3 is 0 Å². The van der Waals surface area contributed by atoms with E-state index in [1.807, 2.05) is 19.1 Å². The van der Waals surface area contributed by atoms with Crippen LogP contribution in [0.15, 0.2) is 18.5 Å². The molecule has 0 bridgehead atoms. The van der Waals surface area contributed by atoms with Gasteiger partial charge in [0.15, 0.2) is 0 Å². The van der Waals surface area contributed by atoms with Crippen molar-refractivity contribution in [2.24, 2.45) is 7.05 Å². The minimum Gasteiger partial charge on any atom is -0.262 e. The highest BCUT2D eigenvalue weighted by Crippen LogP contribution is 2.13. The second kappa shape index (κ2) is 2.97. The number of allylic oxidation sites excluding steroid dienone is 1. The molecule has 2 heterocycles. The molecule has 0 amide bonds. The maximum Gasteiger partial charge on any atom is 0.132 e. The Labute approximate surface area is 75.9 Å². The lowest BCUT2D eigenvalue weighted by atomic mass is 10.2. The molecule has 0 unspecified atom stereocenters. The van der Waals surface area contributed by atoms with Gasteiger partial charge in [0.1, 0.15) is 11.0 Å². The number of fused-ring (bicyclic) bond motifs is 1. The number of nitrogens with zero attached hydrogens (tertiary/aromatic N) is 4. The molecule has 0 aliphatic carbocycles. The molecule has 0 aliphatic heterocycles. The van der Waals surface area contributed by atoms with Gasteiger partial charge in [0, 0.05) is 18.8 Å². The first kappa shape index (κ1) is 7.91. The summed E-state index contributed by atoms with van der Waals surface area (Å²) in [6, 6.07) is 0. The number of pyridine rings is 1. The fourth-order valence-corrected chi connectivity index (χ4v) is 1.27. The third-order valence-corrected chi connectivity index (χ3v) is 1.77. The van der Waals surface area contributed by atoms with Crippen LogP contribution in [0.5, 0.6) is 0 Å². The molecule has 0 saturated heterocycles. The number of aromatic nitrogens is 4. The zero-order valence-electron chi connectivity index (χ0n) is 7.60. The summed E-state index contributed by atoms with van der Waals surface area (Å²) < 4.78 is 0. The van der Waals surface area contributed by atoms with E-state index in [2.05, 4.69) is 15.2 Å². The average Bonchev–Trinajstić information content (AvgIpc) is 2.47. The smallest absolute Gasteiger partial charge is 0.132 e. The summed E-state index contributed by atoms with van der Waals surface area (Å²) in [5.41, 5.74) is 2.74. The average molecular weight is 174 g/mol. The molecule has 0 atom stereocenters. The normalized spacial score (nSPS) is 11.5. The van der Waals surface area contributed by atoms with E-state index in [0.29, 0.717) is 0 Å². The Hall–Kier alpha value is -1.71. The van der Waals surface area contributed by atoms with Crippen LogP contribution in [0.4, 0.5) is 0 Å². The van der Waals surface area contributed by atoms with Crippen LogP contribution in [-0.4, -0.2) is 20.0 Å². The van der Waals surface area contributed by atoms with E-state index in [4.69, 9.17) is 0 Å². The van der Waals surface area contributed by atoms with E-state index in [0.717, 1.165) is 16.6 Å². The second-order valence-electron chi connectivity index (χ2n) is 2.79. The van der Waals surface area contributed by atoms with Gasteiger partial charge in [0.05, 0.1) is 6.20 Å². The molecular weight excluding hydrogens is 164 g/mol. The molecule has 0 spiro atoms. The molecule has 4 nitrogen and oxygen atoms in total. The first-order valence-corrected chi connectivity index (χ1v) is 4.09. The van der Waals surface area contributed by atoms with E-state index in [1.54, 1.807) is 24.2 Å². The van der Waals surface area contributed by atoms with Crippen molar-refractivity contribution in [2.75, 3.05) is 0 Å². The molecule has 13 heavy (non-hydrogen) atoms. The van der Waals surface area contributed by atoms with Crippen molar-refractivity contribution in [3.05, 3.63) is 24.0 Å². The topological polar surface area (TPSA) is 43.6 Å². The van der Waals surface area contributed by atoms with Gasteiger partial charge in [-0.3, -0.25) is 4.98 Å². The fourth-order valence-electron chi connectivity index (χ4n) is 1.27. The number of rotatable bonds is 1. The summed E-state index contributed by atoms with van der Waals surface area (Å²) in [5, 5.41) is 8.41. The molecule has 0 N–H and O–H groups in total. The molecule has 0 radical (unpaired) electrons. The van der Waals surface area contributed by atoms with Crippen LogP contribution in [0.2, 0.25) is 0 Å². The van der Waals surface area contributed by atoms with Gasteiger partial charge in [0.2, 0.25) is 0 Å². The lowest BCUT2D eigenvalue weighted by Gasteiger charge is -1.90. The minimum atomic E-state index is 0.832. The van der Waals surface area contributed by atoms with Gasteiger partial charge in [-0.25, -0.2) is 0 Å². The van der Waals surface area contributed by atoms with E-state index in [-0.39, 0.29) is 0 Å². The van der Waals surface area contributed by atoms with Crippen LogP contribution >= 0.6 is 0 Å². The molecule has 0 aromatic carbocycles. The van der Waals surface area contributed by atoms with Crippen molar-refractivity contribution >= 4 is 17.1 Å². The van der Waals surface area contributed by atoms with Crippen LogP contribution < -0.4 is 0 Å². The molecule has 2 aromatic heterocycles. The SMILES string of the molecule is C/C=C/c1cncc2nn(C)nc12. The van der Waals surface area contributed by atoms with Gasteiger partial charge < -0.3 is 0 Å². The minimum absolute atomic E-state index is 0.832. The third-order valence-electron chi connectivity index (χ3n) is 1.77. The van der Waals surface area contributed by atoms with Crippen LogP contribution in [0, 0.1) is 0 Å². The summed E-state index contributed by atoms with van der Waals surface area (Å²) in [7, 11) is 1.80. The Bertz CT molecular complexity index is 456. The van der Waals surface area contributed by atoms with E-state index in [1.165, 1.54) is 0 Å². The highest BCUT2D eigenvalue weighted by molar-refractivity contribution is 5.82. The van der Waals surface area contributed by atoms with E-state index >= 15 is 0 Å². The molecule has 0 aliphatic rings. The third kappa shape index (κ3) is 1.30. The Balaban J connectivity index is 2.74. The first-order chi connectivity index (χ1) is 6.31. The van der Waals surface area contributed by atoms with Gasteiger partial charge in [-0.15, -0.1) is 0 Å². The molecule has 0 fully saturated rings. The van der Waals surface area contributed by atoms with E-state index in [9.17, 15) is 0 Å². The predicted molar refractivity (Wildman–Crippen MR) is 51.0 cm³/mol. The highest BCUT2D eigenvalue weighted by Gasteiger charge is 2.03. The van der Waals surface area contributed by atoms with Crippen LogP contribution in [0.3, 0.4) is 0 Å². The van der Waals surface area contributed by atoms with Gasteiger partial charge in [-0.05, 0) is 6.92 Å². The van der Waals surface area contributed by atoms with Crippen LogP contribution in [-0.2, 0) is 7.05 Å². The van der Waals surface area contributed by atoms with Crippen molar-refractivity contribution in [1.82, 2.24) is 20.0 Å². The van der Waals surface area contributed by atoms with E-state index < -0.39 is 0 Å². The van der Waals surface area contributed by atoms with Crippen molar-refractivity contribution in [3.63, 3.8) is 0 Å². The molecule has 0 saturated carbocycles. The maximum atomic E-state index is 4.25. The summed E-state index contributed by atoms with van der Waals surface area (Å²) >= 11 is 0. The Morgan fingerprint density at radius 1 is 1.31 bits per heavy atom. The summed E-state index contributed by atoms with van der Waals surface area (Å²) in [4.78, 5) is 5.63. The lowest BCUT2D eigenvalue weighted by Crippen LogP contribution is -1.90. The highest BCUT2D eigenvalue weighted by atomic mass is 15.4. The van der Waals surface area contributed by atoms with Crippen molar-refractivity contribution in [1.29, 1.82) is 0 Å². The Morgan fingerprint density at radius 3 is 2.92 bits per heavy atom. The van der Waals surface area contributed by atoms with Crippen molar-refractivity contribution in [3.8, 4) is 0 Å². The van der Waals surface area contributed by atoms with Crippen molar-refractivity contribution in [2.45, 2.75) is 6.92 Å². The van der Waals surface area contributed by atoms with Crippen LogP contribution in [0.25, 0.3) is 17.1 Å². The molecule has 66 valence electrons. The molecular formula is C9H10N4. The number of hydrogen-bond acceptors (Lipinski definition) is 3. The van der Waals surface area contributed by atoms with Gasteiger partial charge in [-0.2, -0.15) is 15.0 Å². The van der Waals surface area contributed by atoms with Crippen LogP contribution in [0.1, 0.15) is 12.5 Å². The number of hydrogen-bond donors (Lipinski definition) is 0. The second-order valence-corrected chi connectivity index (χ2v) is 2.79. The zero-order chi connectivity index (χ0) is 9.26. The summed E-state index contributed by atoms with van der Waals surface area (Å²) in [6.45, 7) is 1.97. The van der Waals surface area contributed by atoms with Gasteiger partial charge in [-0.1, -0.05) is 12.2 Å². The quantitative estimate of drug-likeness (QED) is 0.656. The Morgan fingerprint density at radius 2 is 2.15 bits per heavy atom. The first-order valence-electron chi connectivity index (χ1n) is 4.09. The number of aryl methyl sites for hydroxylation is 1. The maximum absolute atomic E-state index is 4.25. The fraction of sp³-hybridized carbons (Fsp3) is 0.222. The summed E-state index contributed by atoms with van der Waals surface area (Å²) in [6.07, 6.45) is 7.45. The zero-order valence-corrected chi connectivity index (χ0v) is 7.60. The molecule has 2 aromatic rings. The van der Waals surface area contributed by atoms with Crippen molar-refractivity contribution < 1.29 is 0 Å². The predicted octanol–water partition coefficient (Wildman–Crippen LogP) is 1.40. The molecule has 2 rings (SSSR count). The molecule has 4 heteroatoms. The standard InChI is InChI=1S/C9H10N4/c1-3-4-7-5-10-6-8-9(7)12-13(2)11-8/h3-6H,1-2H3/b4-3+. The largest absolute Gasteiger partial charge is 0.262 e. The van der Waals surface area contributed by atoms with Gasteiger partial charge in [0.25, 0.3) is 0 Å². The summed E-state index contributed by atoms with van der Waals surface area (Å²) in [5.74, 6) is 0.